The van der Waals surface area contributed by atoms with Gasteiger partial charge in [0.2, 0.25) is 0 Å². The minimum Gasteiger partial charge on any atom is -0.337 e. The summed E-state index contributed by atoms with van der Waals surface area (Å²) in [4.78, 5) is 0. The fraction of sp³-hybridized carbons (Fsp3) is 0.0588. The highest BCUT2D eigenvalue weighted by Crippen LogP contribution is 2.23. The van der Waals surface area contributed by atoms with Crippen LogP contribution in [0.2, 0.25) is 0 Å². The number of hydrogen-bond acceptors (Lipinski definition) is 0. The zero-order valence-corrected chi connectivity index (χ0v) is 10.5. The van der Waals surface area contributed by atoms with E-state index in [1.54, 1.807) is 12.1 Å². The van der Waals surface area contributed by atoms with Crippen LogP contribution in [0.3, 0.4) is 0 Å². The molecule has 0 fully saturated rings. The van der Waals surface area contributed by atoms with Crippen LogP contribution in [-0.4, -0.2) is 4.57 Å². The van der Waals surface area contributed by atoms with E-state index in [4.69, 9.17) is 0 Å². The van der Waals surface area contributed by atoms with E-state index in [1.807, 2.05) is 30.3 Å². The van der Waals surface area contributed by atoms with Gasteiger partial charge >= 0.3 is 0 Å². The molecule has 1 heterocycles. The highest BCUT2D eigenvalue weighted by molar-refractivity contribution is 5.83. The van der Waals surface area contributed by atoms with E-state index >= 15 is 0 Å². The molecular formula is C17H14FN. The Morgan fingerprint density at radius 1 is 1.05 bits per heavy atom. The van der Waals surface area contributed by atoms with E-state index in [0.29, 0.717) is 0 Å². The predicted octanol–water partition coefficient (Wildman–Crippen LogP) is 4.47. The van der Waals surface area contributed by atoms with Crippen molar-refractivity contribution < 1.29 is 4.39 Å². The quantitative estimate of drug-likeness (QED) is 0.647. The Bertz CT molecular complexity index is 726. The van der Waals surface area contributed by atoms with Crippen molar-refractivity contribution in [1.29, 1.82) is 0 Å². The summed E-state index contributed by atoms with van der Waals surface area (Å²) in [5.74, 6) is -0.208. The molecular weight excluding hydrogens is 237 g/mol. The second kappa shape index (κ2) is 4.73. The van der Waals surface area contributed by atoms with Gasteiger partial charge in [0.1, 0.15) is 5.82 Å². The molecule has 3 aromatic rings. The second-order valence-corrected chi connectivity index (χ2v) is 4.55. The third-order valence-corrected chi connectivity index (χ3v) is 3.29. The fourth-order valence-electron chi connectivity index (χ4n) is 2.37. The van der Waals surface area contributed by atoms with Gasteiger partial charge in [0.25, 0.3) is 0 Å². The van der Waals surface area contributed by atoms with Gasteiger partial charge in [-0.15, -0.1) is 0 Å². The first-order valence-electron chi connectivity index (χ1n) is 6.23. The van der Waals surface area contributed by atoms with Crippen LogP contribution in [0, 0.1) is 5.82 Å². The zero-order valence-electron chi connectivity index (χ0n) is 10.5. The molecule has 19 heavy (non-hydrogen) atoms. The number of halogens is 1. The maximum absolute atomic E-state index is 13.3. The maximum atomic E-state index is 13.3. The lowest BCUT2D eigenvalue weighted by molar-refractivity contribution is 0.629. The maximum Gasteiger partial charge on any atom is 0.123 e. The third kappa shape index (κ3) is 2.17. The average Bonchev–Trinajstić information content (AvgIpc) is 2.77. The van der Waals surface area contributed by atoms with Gasteiger partial charge in [0, 0.05) is 23.1 Å². The minimum atomic E-state index is -0.208. The Morgan fingerprint density at radius 2 is 1.84 bits per heavy atom. The molecule has 0 spiro atoms. The lowest BCUT2D eigenvalue weighted by Gasteiger charge is -2.08. The third-order valence-electron chi connectivity index (χ3n) is 3.29. The first-order chi connectivity index (χ1) is 9.28. The number of rotatable bonds is 3. The molecule has 0 aliphatic carbocycles. The van der Waals surface area contributed by atoms with E-state index in [2.05, 4.69) is 23.3 Å². The molecule has 94 valence electrons. The Hall–Kier alpha value is -2.35. The summed E-state index contributed by atoms with van der Waals surface area (Å²) in [5.41, 5.74) is 3.25. The van der Waals surface area contributed by atoms with Gasteiger partial charge in [0.05, 0.1) is 0 Å². The SMILES string of the molecule is C=Cc1cc2cc(F)ccc2n1Cc1ccccc1. The van der Waals surface area contributed by atoms with Gasteiger partial charge in [-0.25, -0.2) is 4.39 Å². The molecule has 1 nitrogen and oxygen atoms in total. The van der Waals surface area contributed by atoms with E-state index in [-0.39, 0.29) is 5.82 Å². The molecule has 0 aliphatic heterocycles. The molecule has 0 radical (unpaired) electrons. The van der Waals surface area contributed by atoms with Gasteiger partial charge in [-0.2, -0.15) is 0 Å². The van der Waals surface area contributed by atoms with Gasteiger partial charge in [-0.3, -0.25) is 0 Å². The van der Waals surface area contributed by atoms with E-state index in [0.717, 1.165) is 23.1 Å². The van der Waals surface area contributed by atoms with Crippen molar-refractivity contribution in [2.45, 2.75) is 6.54 Å². The van der Waals surface area contributed by atoms with Crippen molar-refractivity contribution in [3.8, 4) is 0 Å². The Kier molecular flexibility index (Phi) is 2.92. The molecule has 2 heteroatoms. The van der Waals surface area contributed by atoms with Crippen LogP contribution < -0.4 is 0 Å². The van der Waals surface area contributed by atoms with Crippen LogP contribution in [0.5, 0.6) is 0 Å². The molecule has 2 aromatic carbocycles. The van der Waals surface area contributed by atoms with Gasteiger partial charge in [-0.1, -0.05) is 36.9 Å². The van der Waals surface area contributed by atoms with Crippen molar-refractivity contribution in [3.05, 3.63) is 78.3 Å². The van der Waals surface area contributed by atoms with Crippen molar-refractivity contribution in [2.75, 3.05) is 0 Å². The van der Waals surface area contributed by atoms with E-state index in [1.165, 1.54) is 11.6 Å². The van der Waals surface area contributed by atoms with Crippen molar-refractivity contribution in [3.63, 3.8) is 0 Å². The van der Waals surface area contributed by atoms with Crippen molar-refractivity contribution in [1.82, 2.24) is 4.57 Å². The topological polar surface area (TPSA) is 4.93 Å². The molecule has 0 saturated carbocycles. The van der Waals surface area contributed by atoms with E-state index in [9.17, 15) is 4.39 Å². The van der Waals surface area contributed by atoms with E-state index < -0.39 is 0 Å². The molecule has 0 bridgehead atoms. The summed E-state index contributed by atoms with van der Waals surface area (Å²) in [7, 11) is 0. The van der Waals surface area contributed by atoms with Gasteiger partial charge < -0.3 is 4.57 Å². The molecule has 0 atom stereocenters. The lowest BCUT2D eigenvalue weighted by atomic mass is 10.2. The van der Waals surface area contributed by atoms with Crippen molar-refractivity contribution in [2.24, 2.45) is 0 Å². The van der Waals surface area contributed by atoms with Crippen LogP contribution in [0.4, 0.5) is 4.39 Å². The molecule has 0 N–H and O–H groups in total. The molecule has 0 aliphatic rings. The minimum absolute atomic E-state index is 0.208. The van der Waals surface area contributed by atoms with Gasteiger partial charge in [0.15, 0.2) is 0 Å². The number of hydrogen-bond donors (Lipinski definition) is 0. The lowest BCUT2D eigenvalue weighted by Crippen LogP contribution is -2.01. The molecule has 0 amide bonds. The van der Waals surface area contributed by atoms with Crippen LogP contribution in [0.1, 0.15) is 11.3 Å². The predicted molar refractivity (Wildman–Crippen MR) is 77.5 cm³/mol. The first kappa shape index (κ1) is 11.7. The molecule has 3 rings (SSSR count). The number of aromatic nitrogens is 1. The summed E-state index contributed by atoms with van der Waals surface area (Å²) in [6.45, 7) is 4.60. The summed E-state index contributed by atoms with van der Waals surface area (Å²) in [6.07, 6.45) is 1.81. The highest BCUT2D eigenvalue weighted by atomic mass is 19.1. The summed E-state index contributed by atoms with van der Waals surface area (Å²) >= 11 is 0. The number of nitrogens with zero attached hydrogens (tertiary/aromatic N) is 1. The molecule has 0 saturated heterocycles. The zero-order chi connectivity index (χ0) is 13.2. The Balaban J connectivity index is 2.13. The first-order valence-corrected chi connectivity index (χ1v) is 6.23. The summed E-state index contributed by atoms with van der Waals surface area (Å²) in [5, 5.41) is 0.908. The van der Waals surface area contributed by atoms with Crippen LogP contribution in [0.25, 0.3) is 17.0 Å². The van der Waals surface area contributed by atoms with Crippen LogP contribution in [-0.2, 0) is 6.54 Å². The smallest absolute Gasteiger partial charge is 0.123 e. The molecule has 0 unspecified atom stereocenters. The second-order valence-electron chi connectivity index (χ2n) is 4.55. The average molecular weight is 251 g/mol. The molecule has 1 aromatic heterocycles. The van der Waals surface area contributed by atoms with Gasteiger partial charge in [-0.05, 0) is 35.9 Å². The summed E-state index contributed by atoms with van der Waals surface area (Å²) < 4.78 is 15.4. The van der Waals surface area contributed by atoms with Crippen LogP contribution >= 0.6 is 0 Å². The standard InChI is InChI=1S/C17H14FN/c1-2-16-11-14-10-15(18)8-9-17(14)19(16)12-13-6-4-3-5-7-13/h2-11H,1,12H2. The van der Waals surface area contributed by atoms with Crippen molar-refractivity contribution >= 4 is 17.0 Å². The summed E-state index contributed by atoms with van der Waals surface area (Å²) in [6, 6.07) is 17.1. The Morgan fingerprint density at radius 3 is 2.58 bits per heavy atom. The number of fused-ring (bicyclic) bond motifs is 1. The monoisotopic (exact) mass is 251 g/mol. The fourth-order valence-corrected chi connectivity index (χ4v) is 2.37. The number of benzene rings is 2. The normalized spacial score (nSPS) is 10.8. The highest BCUT2D eigenvalue weighted by Gasteiger charge is 2.07. The van der Waals surface area contributed by atoms with Crippen LogP contribution in [0.15, 0.2) is 61.2 Å². The largest absolute Gasteiger partial charge is 0.337 e. The Labute approximate surface area is 111 Å².